The van der Waals surface area contributed by atoms with Gasteiger partial charge in [0.25, 0.3) is 5.56 Å². The summed E-state index contributed by atoms with van der Waals surface area (Å²) < 4.78 is 17.1. The molecule has 1 amide bonds. The number of rotatable bonds is 7. The van der Waals surface area contributed by atoms with Gasteiger partial charge in [0, 0.05) is 16.7 Å². The molecule has 0 unspecified atom stereocenters. The normalized spacial score (nSPS) is 10.5. The predicted molar refractivity (Wildman–Crippen MR) is 119 cm³/mol. The van der Waals surface area contributed by atoms with Crippen LogP contribution in [0.1, 0.15) is 0 Å². The molecule has 2 aromatic carbocycles. The first-order valence-corrected chi connectivity index (χ1v) is 9.75. The van der Waals surface area contributed by atoms with Crippen LogP contribution in [-0.2, 0) is 11.3 Å². The summed E-state index contributed by atoms with van der Waals surface area (Å²) in [5.74, 6) is 0.815. The molecule has 0 aliphatic carbocycles. The van der Waals surface area contributed by atoms with Crippen LogP contribution < -0.4 is 25.1 Å². The van der Waals surface area contributed by atoms with Crippen molar-refractivity contribution in [3.63, 3.8) is 0 Å². The summed E-state index contributed by atoms with van der Waals surface area (Å²) in [6.07, 6.45) is 0. The van der Waals surface area contributed by atoms with E-state index in [0.717, 1.165) is 4.68 Å². The average molecular weight is 464 g/mol. The lowest BCUT2D eigenvalue weighted by Gasteiger charge is -2.14. The van der Waals surface area contributed by atoms with Crippen LogP contribution in [0.15, 0.2) is 47.3 Å². The van der Waals surface area contributed by atoms with E-state index in [1.807, 2.05) is 0 Å². The molecule has 3 aromatic rings. The number of methoxy groups -OCH3 is 3. The summed E-state index contributed by atoms with van der Waals surface area (Å²) >= 11 is 12.0. The number of carbonyl (C=O) groups is 1. The Bertz CT molecular complexity index is 1150. The van der Waals surface area contributed by atoms with E-state index in [1.54, 1.807) is 30.3 Å². The molecule has 0 aliphatic rings. The molecule has 0 atom stereocenters. The lowest BCUT2D eigenvalue weighted by Crippen LogP contribution is -2.29. The molecule has 0 fully saturated rings. The number of carbonyl (C=O) groups excluding carboxylic acids is 1. The average Bonchev–Trinajstić information content (AvgIpc) is 2.76. The summed E-state index contributed by atoms with van der Waals surface area (Å²) in [6.45, 7) is -0.320. The highest BCUT2D eigenvalue weighted by Gasteiger charge is 2.16. The van der Waals surface area contributed by atoms with Gasteiger partial charge in [-0.2, -0.15) is 5.10 Å². The third-order valence-corrected chi connectivity index (χ3v) is 4.89. The number of aromatic nitrogens is 2. The fourth-order valence-corrected chi connectivity index (χ4v) is 3.20. The van der Waals surface area contributed by atoms with Crippen molar-refractivity contribution in [1.29, 1.82) is 0 Å². The van der Waals surface area contributed by atoms with Gasteiger partial charge < -0.3 is 19.5 Å². The van der Waals surface area contributed by atoms with E-state index in [0.29, 0.717) is 44.2 Å². The number of hydrogen-bond donors (Lipinski definition) is 1. The maximum absolute atomic E-state index is 12.5. The van der Waals surface area contributed by atoms with E-state index in [2.05, 4.69) is 10.4 Å². The van der Waals surface area contributed by atoms with E-state index in [-0.39, 0.29) is 6.54 Å². The molecule has 1 heterocycles. The zero-order chi connectivity index (χ0) is 22.5. The van der Waals surface area contributed by atoms with E-state index in [1.165, 1.54) is 33.5 Å². The van der Waals surface area contributed by atoms with Gasteiger partial charge in [-0.1, -0.05) is 23.2 Å². The SMILES string of the molecule is COc1cc(-c2ccc(=O)n(CC(=O)Nc3cc(Cl)ccc3Cl)n2)cc(OC)c1OC. The summed E-state index contributed by atoms with van der Waals surface area (Å²) in [5, 5.41) is 7.67. The van der Waals surface area contributed by atoms with E-state index in [9.17, 15) is 9.59 Å². The Balaban J connectivity index is 1.91. The van der Waals surface area contributed by atoms with Crippen LogP contribution in [0.4, 0.5) is 5.69 Å². The maximum atomic E-state index is 12.5. The molecule has 162 valence electrons. The first-order valence-electron chi connectivity index (χ1n) is 8.99. The van der Waals surface area contributed by atoms with Crippen LogP contribution in [-0.4, -0.2) is 37.0 Å². The standard InChI is InChI=1S/C21H19Cl2N3O5/c1-29-17-8-12(9-18(30-2)21(17)31-3)15-6-7-20(28)26(25-15)11-19(27)24-16-10-13(22)4-5-14(16)23/h4-10H,11H2,1-3H3,(H,24,27). The number of nitrogens with one attached hydrogen (secondary N) is 1. The second kappa shape index (κ2) is 9.72. The van der Waals surface area contributed by atoms with Crippen molar-refractivity contribution in [3.8, 4) is 28.5 Å². The highest BCUT2D eigenvalue weighted by molar-refractivity contribution is 6.35. The van der Waals surface area contributed by atoms with Gasteiger partial charge in [-0.3, -0.25) is 9.59 Å². The Hall–Kier alpha value is -3.23. The topological polar surface area (TPSA) is 91.7 Å². The molecule has 3 rings (SSSR count). The predicted octanol–water partition coefficient (Wildman–Crippen LogP) is 3.88. The molecular weight excluding hydrogens is 445 g/mol. The Labute approximate surface area is 188 Å². The molecule has 0 radical (unpaired) electrons. The van der Waals surface area contributed by atoms with Gasteiger partial charge >= 0.3 is 0 Å². The lowest BCUT2D eigenvalue weighted by molar-refractivity contribution is -0.117. The second-order valence-electron chi connectivity index (χ2n) is 6.30. The van der Waals surface area contributed by atoms with E-state index >= 15 is 0 Å². The van der Waals surface area contributed by atoms with Crippen molar-refractivity contribution in [3.05, 3.63) is 62.9 Å². The molecule has 31 heavy (non-hydrogen) atoms. The first kappa shape index (κ1) is 22.5. The van der Waals surface area contributed by atoms with Crippen LogP contribution in [0, 0.1) is 0 Å². The molecule has 0 bridgehead atoms. The van der Waals surface area contributed by atoms with Crippen molar-refractivity contribution in [2.24, 2.45) is 0 Å². The van der Waals surface area contributed by atoms with Crippen molar-refractivity contribution in [2.75, 3.05) is 26.6 Å². The molecule has 0 spiro atoms. The van der Waals surface area contributed by atoms with Gasteiger partial charge in [0.15, 0.2) is 11.5 Å². The molecule has 0 saturated heterocycles. The number of benzene rings is 2. The Morgan fingerprint density at radius 1 is 1.00 bits per heavy atom. The smallest absolute Gasteiger partial charge is 0.267 e. The minimum Gasteiger partial charge on any atom is -0.493 e. The monoisotopic (exact) mass is 463 g/mol. The van der Waals surface area contributed by atoms with Gasteiger partial charge in [-0.25, -0.2) is 4.68 Å². The maximum Gasteiger partial charge on any atom is 0.267 e. The summed E-state index contributed by atoms with van der Waals surface area (Å²) in [6, 6.07) is 11.0. The number of halogens is 2. The second-order valence-corrected chi connectivity index (χ2v) is 7.14. The van der Waals surface area contributed by atoms with Crippen LogP contribution in [0.25, 0.3) is 11.3 Å². The summed E-state index contributed by atoms with van der Waals surface area (Å²) in [7, 11) is 4.50. The van der Waals surface area contributed by atoms with Crippen molar-refractivity contribution >= 4 is 34.8 Å². The van der Waals surface area contributed by atoms with E-state index in [4.69, 9.17) is 37.4 Å². The van der Waals surface area contributed by atoms with Gasteiger partial charge in [0.1, 0.15) is 6.54 Å². The van der Waals surface area contributed by atoms with Crippen LogP contribution in [0.5, 0.6) is 17.2 Å². The highest BCUT2D eigenvalue weighted by atomic mass is 35.5. The molecule has 0 saturated carbocycles. The number of hydrogen-bond acceptors (Lipinski definition) is 6. The van der Waals surface area contributed by atoms with Gasteiger partial charge in [0.2, 0.25) is 11.7 Å². The Morgan fingerprint density at radius 2 is 1.68 bits per heavy atom. The summed E-state index contributed by atoms with van der Waals surface area (Å²) in [5.41, 5.74) is 0.950. The Morgan fingerprint density at radius 3 is 2.29 bits per heavy atom. The fraction of sp³-hybridized carbons (Fsp3) is 0.190. The van der Waals surface area contributed by atoms with Crippen LogP contribution in [0.3, 0.4) is 0 Å². The quantitative estimate of drug-likeness (QED) is 0.571. The number of anilines is 1. The first-order chi connectivity index (χ1) is 14.9. The third-order valence-electron chi connectivity index (χ3n) is 4.32. The third kappa shape index (κ3) is 5.10. The van der Waals surface area contributed by atoms with Gasteiger partial charge in [-0.05, 0) is 36.4 Å². The molecular formula is C21H19Cl2N3O5. The number of amides is 1. The minimum atomic E-state index is -0.485. The summed E-state index contributed by atoms with van der Waals surface area (Å²) in [4.78, 5) is 24.7. The van der Waals surface area contributed by atoms with Crippen LogP contribution in [0.2, 0.25) is 10.0 Å². The molecule has 1 N–H and O–H groups in total. The number of nitrogens with zero attached hydrogens (tertiary/aromatic N) is 2. The largest absolute Gasteiger partial charge is 0.493 e. The van der Waals surface area contributed by atoms with Crippen molar-refractivity contribution < 1.29 is 19.0 Å². The zero-order valence-electron chi connectivity index (χ0n) is 16.9. The molecule has 0 aliphatic heterocycles. The van der Waals surface area contributed by atoms with Gasteiger partial charge in [-0.15, -0.1) is 0 Å². The highest BCUT2D eigenvalue weighted by Crippen LogP contribution is 2.40. The molecule has 1 aromatic heterocycles. The van der Waals surface area contributed by atoms with Gasteiger partial charge in [0.05, 0.1) is 37.7 Å². The number of ether oxygens (including phenoxy) is 3. The van der Waals surface area contributed by atoms with Crippen molar-refractivity contribution in [1.82, 2.24) is 9.78 Å². The Kier molecular flexibility index (Phi) is 7.04. The molecule has 10 heteroatoms. The zero-order valence-corrected chi connectivity index (χ0v) is 18.5. The molecule has 8 nitrogen and oxygen atoms in total. The van der Waals surface area contributed by atoms with Crippen LogP contribution >= 0.6 is 23.2 Å². The lowest BCUT2D eigenvalue weighted by atomic mass is 10.1. The fourth-order valence-electron chi connectivity index (χ4n) is 2.86. The van der Waals surface area contributed by atoms with E-state index < -0.39 is 11.5 Å². The minimum absolute atomic E-state index is 0.320. The van der Waals surface area contributed by atoms with Crippen molar-refractivity contribution in [2.45, 2.75) is 6.54 Å².